The number of halogens is 6. The van der Waals surface area contributed by atoms with Crippen LogP contribution in [0.4, 0.5) is 26.3 Å². The number of nitrogens with zero attached hydrogens (tertiary/aromatic N) is 4. The highest BCUT2D eigenvalue weighted by molar-refractivity contribution is 5.78. The monoisotopic (exact) mass is 417 g/mol. The third-order valence-corrected chi connectivity index (χ3v) is 4.27. The molecule has 156 valence electrons. The first-order valence-electron chi connectivity index (χ1n) is 8.40. The maximum absolute atomic E-state index is 13.2. The molecule has 0 saturated carbocycles. The van der Waals surface area contributed by atoms with E-state index in [0.29, 0.717) is 24.4 Å². The number of alkyl halides is 6. The Morgan fingerprint density at radius 2 is 1.62 bits per heavy atom. The van der Waals surface area contributed by atoms with Crippen molar-refractivity contribution < 1.29 is 26.3 Å². The summed E-state index contributed by atoms with van der Waals surface area (Å²) in [6.07, 6.45) is -7.30. The van der Waals surface area contributed by atoms with Crippen molar-refractivity contribution in [2.75, 3.05) is 20.6 Å². The van der Waals surface area contributed by atoms with Crippen LogP contribution in [-0.2, 0) is 12.4 Å². The second-order valence-electron chi connectivity index (χ2n) is 6.83. The summed E-state index contributed by atoms with van der Waals surface area (Å²) in [6, 6.07) is 2.50. The van der Waals surface area contributed by atoms with E-state index in [4.69, 9.17) is 5.73 Å². The standard InChI is InChI=1S/C18H17F6N5/c1-28(2)9-14(25)15-3-4-26-16-13(8-27-29(15)16)10-5-11(17(19,20)21)7-12(6-10)18(22,23)24/h3-8,14H,9,25H2,1-2H3. The van der Waals surface area contributed by atoms with Crippen molar-refractivity contribution in [2.24, 2.45) is 5.73 Å². The van der Waals surface area contributed by atoms with Gasteiger partial charge in [0.15, 0.2) is 5.65 Å². The highest BCUT2D eigenvalue weighted by Crippen LogP contribution is 2.39. The lowest BCUT2D eigenvalue weighted by Gasteiger charge is -2.17. The van der Waals surface area contributed by atoms with E-state index in [0.717, 1.165) is 0 Å². The third kappa shape index (κ3) is 4.35. The Morgan fingerprint density at radius 3 is 2.14 bits per heavy atom. The van der Waals surface area contributed by atoms with Gasteiger partial charge in [0.2, 0.25) is 0 Å². The molecular weight excluding hydrogens is 400 g/mol. The van der Waals surface area contributed by atoms with Crippen LogP contribution in [0.1, 0.15) is 22.9 Å². The number of likely N-dealkylation sites (N-methyl/N-ethyl adjacent to an activating group) is 1. The molecule has 1 unspecified atom stereocenters. The molecule has 3 rings (SSSR count). The van der Waals surface area contributed by atoms with Gasteiger partial charge >= 0.3 is 12.4 Å². The maximum Gasteiger partial charge on any atom is 0.416 e. The van der Waals surface area contributed by atoms with Crippen LogP contribution in [0.3, 0.4) is 0 Å². The highest BCUT2D eigenvalue weighted by Gasteiger charge is 2.37. The normalized spacial score (nSPS) is 14.0. The lowest BCUT2D eigenvalue weighted by Crippen LogP contribution is -2.27. The molecule has 2 N–H and O–H groups in total. The van der Waals surface area contributed by atoms with Crippen molar-refractivity contribution in [2.45, 2.75) is 18.4 Å². The Balaban J connectivity index is 2.19. The van der Waals surface area contributed by atoms with Gasteiger partial charge in [-0.25, -0.2) is 9.50 Å². The molecule has 1 aromatic carbocycles. The minimum absolute atomic E-state index is 0.0421. The Bertz CT molecular complexity index is 989. The summed E-state index contributed by atoms with van der Waals surface area (Å²) in [7, 11) is 3.63. The fourth-order valence-corrected chi connectivity index (χ4v) is 2.99. The number of nitrogens with two attached hydrogens (primary N) is 1. The van der Waals surface area contributed by atoms with Crippen molar-refractivity contribution in [3.8, 4) is 11.1 Å². The summed E-state index contributed by atoms with van der Waals surface area (Å²) in [5.74, 6) is 0. The molecule has 1 atom stereocenters. The molecular formula is C18H17F6N5. The van der Waals surface area contributed by atoms with Gasteiger partial charge in [0, 0.05) is 18.3 Å². The fraction of sp³-hybridized carbons (Fsp3) is 0.333. The summed E-state index contributed by atoms with van der Waals surface area (Å²) < 4.78 is 80.3. The molecule has 0 aliphatic carbocycles. The molecule has 2 heterocycles. The molecule has 3 aromatic rings. The van der Waals surface area contributed by atoms with E-state index < -0.39 is 29.5 Å². The zero-order chi connectivity index (χ0) is 21.6. The smallest absolute Gasteiger partial charge is 0.322 e. The van der Waals surface area contributed by atoms with Crippen molar-refractivity contribution in [1.29, 1.82) is 0 Å². The van der Waals surface area contributed by atoms with Crippen LogP contribution < -0.4 is 5.73 Å². The van der Waals surface area contributed by atoms with Crippen molar-refractivity contribution in [3.05, 3.63) is 53.5 Å². The second-order valence-corrected chi connectivity index (χ2v) is 6.83. The van der Waals surface area contributed by atoms with Gasteiger partial charge in [-0.2, -0.15) is 31.4 Å². The third-order valence-electron chi connectivity index (χ3n) is 4.27. The summed E-state index contributed by atoms with van der Waals surface area (Å²) >= 11 is 0. The van der Waals surface area contributed by atoms with Crippen LogP contribution in [0.15, 0.2) is 36.7 Å². The second kappa shape index (κ2) is 7.30. The van der Waals surface area contributed by atoms with E-state index in [1.165, 1.54) is 16.9 Å². The summed E-state index contributed by atoms with van der Waals surface area (Å²) in [5, 5.41) is 4.10. The van der Waals surface area contributed by atoms with E-state index in [-0.39, 0.29) is 22.8 Å². The van der Waals surface area contributed by atoms with Gasteiger partial charge in [0.05, 0.1) is 29.1 Å². The van der Waals surface area contributed by atoms with Gasteiger partial charge in [-0.3, -0.25) is 0 Å². The quantitative estimate of drug-likeness (QED) is 0.652. The highest BCUT2D eigenvalue weighted by atomic mass is 19.4. The largest absolute Gasteiger partial charge is 0.416 e. The minimum atomic E-state index is -4.94. The molecule has 0 bridgehead atoms. The van der Waals surface area contributed by atoms with Crippen molar-refractivity contribution >= 4 is 5.65 Å². The number of fused-ring (bicyclic) bond motifs is 1. The number of hydrogen-bond acceptors (Lipinski definition) is 4. The predicted molar refractivity (Wildman–Crippen MR) is 93.9 cm³/mol. The van der Waals surface area contributed by atoms with Gasteiger partial charge in [-0.15, -0.1) is 0 Å². The van der Waals surface area contributed by atoms with E-state index in [2.05, 4.69) is 10.1 Å². The average molecular weight is 417 g/mol. The molecule has 0 amide bonds. The zero-order valence-electron chi connectivity index (χ0n) is 15.4. The topological polar surface area (TPSA) is 59.5 Å². The number of rotatable bonds is 4. The molecule has 5 nitrogen and oxygen atoms in total. The Labute approximate surface area is 161 Å². The first-order chi connectivity index (χ1) is 13.4. The van der Waals surface area contributed by atoms with Gasteiger partial charge in [0.25, 0.3) is 0 Å². The maximum atomic E-state index is 13.2. The van der Waals surface area contributed by atoms with Crippen LogP contribution in [0.25, 0.3) is 16.8 Å². The fourth-order valence-electron chi connectivity index (χ4n) is 2.99. The molecule has 29 heavy (non-hydrogen) atoms. The number of benzene rings is 1. The molecule has 2 aromatic heterocycles. The molecule has 0 aliphatic heterocycles. The summed E-state index contributed by atoms with van der Waals surface area (Å²) in [4.78, 5) is 5.93. The van der Waals surface area contributed by atoms with E-state index in [9.17, 15) is 26.3 Å². The first-order valence-corrected chi connectivity index (χ1v) is 8.40. The van der Waals surface area contributed by atoms with Crippen LogP contribution in [-0.4, -0.2) is 40.1 Å². The Morgan fingerprint density at radius 1 is 1.03 bits per heavy atom. The Hall–Kier alpha value is -2.66. The van der Waals surface area contributed by atoms with Crippen molar-refractivity contribution in [3.63, 3.8) is 0 Å². The minimum Gasteiger partial charge on any atom is -0.322 e. The van der Waals surface area contributed by atoms with Crippen LogP contribution in [0, 0.1) is 0 Å². The number of aromatic nitrogens is 3. The van der Waals surface area contributed by atoms with Crippen LogP contribution in [0.2, 0.25) is 0 Å². The van der Waals surface area contributed by atoms with Gasteiger partial charge in [0.1, 0.15) is 0 Å². The van der Waals surface area contributed by atoms with Gasteiger partial charge in [-0.05, 0) is 43.9 Å². The predicted octanol–water partition coefficient (Wildman–Crippen LogP) is 4.00. The first kappa shape index (κ1) is 21.1. The molecule has 0 saturated heterocycles. The number of hydrogen-bond donors (Lipinski definition) is 1. The zero-order valence-corrected chi connectivity index (χ0v) is 15.4. The SMILES string of the molecule is CN(C)CC(N)c1ccnc2c(-c3cc(C(F)(F)F)cc(C(F)(F)F)c3)cnn12. The van der Waals surface area contributed by atoms with E-state index >= 15 is 0 Å². The molecule has 11 heteroatoms. The molecule has 0 radical (unpaired) electrons. The van der Waals surface area contributed by atoms with Crippen LogP contribution >= 0.6 is 0 Å². The van der Waals surface area contributed by atoms with Gasteiger partial charge in [-0.1, -0.05) is 0 Å². The summed E-state index contributed by atoms with van der Waals surface area (Å²) in [5.41, 5.74) is 3.74. The summed E-state index contributed by atoms with van der Waals surface area (Å²) in [6.45, 7) is 0.454. The van der Waals surface area contributed by atoms with Crippen LogP contribution in [0.5, 0.6) is 0 Å². The Kier molecular flexibility index (Phi) is 5.30. The molecule has 0 aliphatic rings. The van der Waals surface area contributed by atoms with E-state index in [1.54, 1.807) is 6.07 Å². The van der Waals surface area contributed by atoms with Crippen molar-refractivity contribution in [1.82, 2.24) is 19.5 Å². The lowest BCUT2D eigenvalue weighted by molar-refractivity contribution is -0.143. The lowest BCUT2D eigenvalue weighted by atomic mass is 10.0. The van der Waals surface area contributed by atoms with Gasteiger partial charge < -0.3 is 10.6 Å². The molecule has 0 spiro atoms. The average Bonchev–Trinajstić information content (AvgIpc) is 3.03. The van der Waals surface area contributed by atoms with E-state index in [1.807, 2.05) is 19.0 Å². The molecule has 0 fully saturated rings.